The van der Waals surface area contributed by atoms with E-state index >= 15 is 0 Å². The molecule has 2 aliphatic carbocycles. The zero-order valence-corrected chi connectivity index (χ0v) is 16.1. The number of hydrogen-bond acceptors (Lipinski definition) is 3. The van der Waals surface area contributed by atoms with Gasteiger partial charge in [0, 0.05) is 19.8 Å². The summed E-state index contributed by atoms with van der Waals surface area (Å²) in [6.07, 6.45) is 9.10. The first-order valence-corrected chi connectivity index (χ1v) is 10.1. The van der Waals surface area contributed by atoms with Gasteiger partial charge in [-0.3, -0.25) is 4.79 Å². The molecule has 3 nitrogen and oxygen atoms in total. The summed E-state index contributed by atoms with van der Waals surface area (Å²) in [7, 11) is 1.78. The molecular formula is C21H28ClFO3. The molecule has 5 heteroatoms. The average Bonchev–Trinajstić information content (AvgIpc) is 2.66. The third-order valence-electron chi connectivity index (χ3n) is 6.18. The van der Waals surface area contributed by atoms with Gasteiger partial charge in [-0.25, -0.2) is 4.39 Å². The largest absolute Gasteiger partial charge is 0.426 e. The van der Waals surface area contributed by atoms with Crippen LogP contribution in [0.25, 0.3) is 0 Å². The van der Waals surface area contributed by atoms with Crippen LogP contribution in [0.1, 0.15) is 51.4 Å². The summed E-state index contributed by atoms with van der Waals surface area (Å²) >= 11 is 5.74. The molecule has 0 spiro atoms. The van der Waals surface area contributed by atoms with Crippen LogP contribution in [0.2, 0.25) is 5.02 Å². The van der Waals surface area contributed by atoms with Gasteiger partial charge in [0.25, 0.3) is 0 Å². The Morgan fingerprint density at radius 3 is 2.27 bits per heavy atom. The normalized spacial score (nSPS) is 29.3. The molecule has 0 bridgehead atoms. The molecule has 0 aromatic heterocycles. The topological polar surface area (TPSA) is 35.5 Å². The Kier molecular flexibility index (Phi) is 6.93. The molecule has 26 heavy (non-hydrogen) atoms. The highest BCUT2D eigenvalue weighted by atomic mass is 35.5. The van der Waals surface area contributed by atoms with Crippen LogP contribution in [0.5, 0.6) is 5.75 Å². The Hall–Kier alpha value is -1.13. The SMILES string of the molecule is COC[C@H]1CC[C@H]([C@H]2CC[C@H](C(=O)Oc3ccc(F)c(Cl)c3)CC2)CC1. The second kappa shape index (κ2) is 9.18. The highest BCUT2D eigenvalue weighted by Crippen LogP contribution is 2.41. The molecule has 2 fully saturated rings. The Bertz CT molecular complexity index is 605. The molecule has 0 saturated heterocycles. The van der Waals surface area contributed by atoms with Gasteiger partial charge in [0.1, 0.15) is 11.6 Å². The fourth-order valence-electron chi connectivity index (χ4n) is 4.63. The fraction of sp³-hybridized carbons (Fsp3) is 0.667. The zero-order valence-electron chi connectivity index (χ0n) is 15.4. The molecule has 0 N–H and O–H groups in total. The van der Waals surface area contributed by atoms with Crippen LogP contribution >= 0.6 is 11.6 Å². The Morgan fingerprint density at radius 1 is 1.08 bits per heavy atom. The Balaban J connectivity index is 1.44. The molecule has 0 radical (unpaired) electrons. The van der Waals surface area contributed by atoms with Crippen LogP contribution < -0.4 is 4.74 Å². The van der Waals surface area contributed by atoms with Gasteiger partial charge in [-0.05, 0) is 81.3 Å². The van der Waals surface area contributed by atoms with Crippen LogP contribution in [-0.2, 0) is 9.53 Å². The Morgan fingerprint density at radius 2 is 1.69 bits per heavy atom. The van der Waals surface area contributed by atoms with Crippen molar-refractivity contribution in [2.75, 3.05) is 13.7 Å². The molecule has 0 unspecified atom stereocenters. The van der Waals surface area contributed by atoms with Crippen molar-refractivity contribution in [1.82, 2.24) is 0 Å². The second-order valence-electron chi connectivity index (χ2n) is 7.84. The number of rotatable bonds is 5. The predicted molar refractivity (Wildman–Crippen MR) is 99.8 cm³/mol. The van der Waals surface area contributed by atoms with Gasteiger partial charge in [-0.15, -0.1) is 0 Å². The van der Waals surface area contributed by atoms with Crippen molar-refractivity contribution in [3.8, 4) is 5.75 Å². The van der Waals surface area contributed by atoms with Crippen molar-refractivity contribution in [1.29, 1.82) is 0 Å². The van der Waals surface area contributed by atoms with E-state index in [0.29, 0.717) is 5.75 Å². The summed E-state index contributed by atoms with van der Waals surface area (Å²) in [4.78, 5) is 12.4. The van der Waals surface area contributed by atoms with Gasteiger partial charge in [0.15, 0.2) is 0 Å². The predicted octanol–water partition coefficient (Wildman–Crippen LogP) is 5.64. The fourth-order valence-corrected chi connectivity index (χ4v) is 4.80. The maximum Gasteiger partial charge on any atom is 0.314 e. The lowest BCUT2D eigenvalue weighted by molar-refractivity contribution is -0.140. The number of hydrogen-bond donors (Lipinski definition) is 0. The molecule has 144 valence electrons. The third kappa shape index (κ3) is 4.98. The number of benzene rings is 1. The monoisotopic (exact) mass is 382 g/mol. The van der Waals surface area contributed by atoms with E-state index in [0.717, 1.165) is 50.0 Å². The summed E-state index contributed by atoms with van der Waals surface area (Å²) in [6, 6.07) is 4.03. The van der Waals surface area contributed by atoms with E-state index in [-0.39, 0.29) is 16.9 Å². The van der Waals surface area contributed by atoms with E-state index in [1.807, 2.05) is 0 Å². The van der Waals surface area contributed by atoms with Crippen molar-refractivity contribution < 1.29 is 18.7 Å². The van der Waals surface area contributed by atoms with Crippen molar-refractivity contribution in [3.63, 3.8) is 0 Å². The van der Waals surface area contributed by atoms with E-state index in [2.05, 4.69) is 0 Å². The van der Waals surface area contributed by atoms with Crippen LogP contribution in [0.4, 0.5) is 4.39 Å². The van der Waals surface area contributed by atoms with Gasteiger partial charge in [0.05, 0.1) is 10.9 Å². The lowest BCUT2D eigenvalue weighted by atomic mass is 9.69. The second-order valence-corrected chi connectivity index (χ2v) is 8.25. The lowest BCUT2D eigenvalue weighted by Gasteiger charge is -2.37. The maximum atomic E-state index is 13.2. The van der Waals surface area contributed by atoms with E-state index in [1.54, 1.807) is 7.11 Å². The molecule has 0 aliphatic heterocycles. The summed E-state index contributed by atoms with van der Waals surface area (Å²) < 4.78 is 23.9. The van der Waals surface area contributed by atoms with Gasteiger partial charge >= 0.3 is 5.97 Å². The molecular weight excluding hydrogens is 355 g/mol. The maximum absolute atomic E-state index is 13.2. The van der Waals surface area contributed by atoms with Crippen LogP contribution in [-0.4, -0.2) is 19.7 Å². The van der Waals surface area contributed by atoms with Gasteiger partial charge in [0.2, 0.25) is 0 Å². The van der Waals surface area contributed by atoms with E-state index in [1.165, 1.54) is 43.9 Å². The number of methoxy groups -OCH3 is 1. The van der Waals surface area contributed by atoms with Gasteiger partial charge < -0.3 is 9.47 Å². The minimum absolute atomic E-state index is 0.0249. The van der Waals surface area contributed by atoms with Crippen LogP contribution in [0.3, 0.4) is 0 Å². The average molecular weight is 383 g/mol. The number of esters is 1. The molecule has 1 aromatic rings. The minimum Gasteiger partial charge on any atom is -0.426 e. The zero-order chi connectivity index (χ0) is 18.5. The first-order chi connectivity index (χ1) is 12.6. The number of halogens is 2. The minimum atomic E-state index is -0.507. The van der Waals surface area contributed by atoms with Gasteiger partial charge in [-0.2, -0.15) is 0 Å². The smallest absolute Gasteiger partial charge is 0.314 e. The van der Waals surface area contributed by atoms with Crippen LogP contribution in [0, 0.1) is 29.5 Å². The molecule has 1 aromatic carbocycles. The summed E-state index contributed by atoms with van der Waals surface area (Å²) in [5, 5.41) is -0.0249. The standard InChI is InChI=1S/C21H28ClFO3/c1-25-13-14-2-4-15(5-3-14)16-6-8-17(9-7-16)21(24)26-18-10-11-20(23)19(22)12-18/h10-12,14-17H,2-9,13H2,1H3/t14-,15-,16-,17-. The van der Waals surface area contributed by atoms with Crippen molar-refractivity contribution in [3.05, 3.63) is 29.0 Å². The van der Waals surface area contributed by atoms with E-state index < -0.39 is 5.82 Å². The molecule has 3 rings (SSSR count). The number of carbonyl (C=O) groups is 1. The molecule has 0 atom stereocenters. The summed E-state index contributed by atoms with van der Waals surface area (Å²) in [5.74, 6) is 1.81. The van der Waals surface area contributed by atoms with Crippen molar-refractivity contribution >= 4 is 17.6 Å². The highest BCUT2D eigenvalue weighted by molar-refractivity contribution is 6.30. The third-order valence-corrected chi connectivity index (χ3v) is 6.46. The van der Waals surface area contributed by atoms with Crippen LogP contribution in [0.15, 0.2) is 18.2 Å². The van der Waals surface area contributed by atoms with E-state index in [4.69, 9.17) is 21.1 Å². The van der Waals surface area contributed by atoms with Gasteiger partial charge in [-0.1, -0.05) is 11.6 Å². The van der Waals surface area contributed by atoms with Crippen molar-refractivity contribution in [2.45, 2.75) is 51.4 Å². The van der Waals surface area contributed by atoms with E-state index in [9.17, 15) is 9.18 Å². The molecule has 2 aliphatic rings. The summed E-state index contributed by atoms with van der Waals surface area (Å²) in [6.45, 7) is 0.888. The first kappa shape index (κ1) is 19.6. The first-order valence-electron chi connectivity index (χ1n) is 9.72. The Labute approximate surface area is 160 Å². The molecule has 2 saturated carbocycles. The quantitative estimate of drug-likeness (QED) is 0.488. The van der Waals surface area contributed by atoms with Crippen molar-refractivity contribution in [2.24, 2.45) is 23.7 Å². The number of carbonyl (C=O) groups excluding carboxylic acids is 1. The summed E-state index contributed by atoms with van der Waals surface area (Å²) in [5.41, 5.74) is 0. The highest BCUT2D eigenvalue weighted by Gasteiger charge is 2.33. The molecule has 0 heterocycles. The molecule has 0 amide bonds. The number of ether oxygens (including phenoxy) is 2. The lowest BCUT2D eigenvalue weighted by Crippen LogP contribution is -2.30.